The molecule has 2 aromatic rings. The molecule has 0 aromatic heterocycles. The van der Waals surface area contributed by atoms with Gasteiger partial charge in [-0.2, -0.15) is 0 Å². The maximum atomic E-state index is 10.4. The SMILES string of the molecule is O[C@@H]1c2ccccc2OCCOc2ccccc2[C@H]1O. The van der Waals surface area contributed by atoms with Crippen LogP contribution in [-0.2, 0) is 0 Å². The minimum Gasteiger partial charge on any atom is -0.490 e. The second-order valence-corrected chi connectivity index (χ2v) is 4.66. The van der Waals surface area contributed by atoms with Crippen molar-refractivity contribution in [2.75, 3.05) is 13.2 Å². The summed E-state index contributed by atoms with van der Waals surface area (Å²) in [5.74, 6) is 1.14. The first kappa shape index (κ1) is 13.0. The predicted octanol–water partition coefficient (Wildman–Crippen LogP) is 2.22. The van der Waals surface area contributed by atoms with Crippen molar-refractivity contribution in [2.24, 2.45) is 0 Å². The summed E-state index contributed by atoms with van der Waals surface area (Å²) in [5, 5.41) is 20.8. The molecule has 0 radical (unpaired) electrons. The second kappa shape index (κ2) is 5.53. The summed E-state index contributed by atoms with van der Waals surface area (Å²) in [7, 11) is 0. The van der Waals surface area contributed by atoms with E-state index in [2.05, 4.69) is 0 Å². The van der Waals surface area contributed by atoms with Gasteiger partial charge >= 0.3 is 0 Å². The van der Waals surface area contributed by atoms with Gasteiger partial charge < -0.3 is 19.7 Å². The van der Waals surface area contributed by atoms with Gasteiger partial charge in [-0.05, 0) is 12.1 Å². The maximum absolute atomic E-state index is 10.4. The van der Waals surface area contributed by atoms with E-state index in [1.54, 1.807) is 24.3 Å². The predicted molar refractivity (Wildman–Crippen MR) is 73.8 cm³/mol. The molecule has 1 heterocycles. The molecule has 0 spiro atoms. The largest absolute Gasteiger partial charge is 0.490 e. The summed E-state index contributed by atoms with van der Waals surface area (Å²) in [6, 6.07) is 14.4. The molecular formula is C16H16O4. The molecule has 4 heteroatoms. The van der Waals surface area contributed by atoms with Crippen molar-refractivity contribution < 1.29 is 19.7 Å². The van der Waals surface area contributed by atoms with Gasteiger partial charge in [-0.25, -0.2) is 0 Å². The van der Waals surface area contributed by atoms with E-state index in [1.807, 2.05) is 24.3 Å². The molecule has 0 fully saturated rings. The lowest BCUT2D eigenvalue weighted by Crippen LogP contribution is -2.18. The highest BCUT2D eigenvalue weighted by Crippen LogP contribution is 2.38. The molecule has 0 bridgehead atoms. The zero-order valence-corrected chi connectivity index (χ0v) is 10.9. The average molecular weight is 272 g/mol. The van der Waals surface area contributed by atoms with Crippen molar-refractivity contribution in [1.82, 2.24) is 0 Å². The molecule has 20 heavy (non-hydrogen) atoms. The first-order valence-corrected chi connectivity index (χ1v) is 6.57. The van der Waals surface area contributed by atoms with Crippen molar-refractivity contribution >= 4 is 0 Å². The van der Waals surface area contributed by atoms with E-state index in [0.717, 1.165) is 0 Å². The molecule has 4 nitrogen and oxygen atoms in total. The van der Waals surface area contributed by atoms with Gasteiger partial charge in [-0.1, -0.05) is 36.4 Å². The van der Waals surface area contributed by atoms with E-state index in [1.165, 1.54) is 0 Å². The van der Waals surface area contributed by atoms with Gasteiger partial charge in [0.2, 0.25) is 0 Å². The zero-order valence-electron chi connectivity index (χ0n) is 10.9. The van der Waals surface area contributed by atoms with Gasteiger partial charge in [-0.3, -0.25) is 0 Å². The summed E-state index contributed by atoms with van der Waals surface area (Å²) >= 11 is 0. The van der Waals surface area contributed by atoms with Gasteiger partial charge in [0.15, 0.2) is 0 Å². The highest BCUT2D eigenvalue weighted by Gasteiger charge is 2.26. The lowest BCUT2D eigenvalue weighted by atomic mass is 9.97. The van der Waals surface area contributed by atoms with Crippen LogP contribution in [0.2, 0.25) is 0 Å². The van der Waals surface area contributed by atoms with Crippen LogP contribution in [-0.4, -0.2) is 23.4 Å². The Morgan fingerprint density at radius 1 is 0.700 bits per heavy atom. The van der Waals surface area contributed by atoms with E-state index in [-0.39, 0.29) is 0 Å². The Hall–Kier alpha value is -2.04. The van der Waals surface area contributed by atoms with Gasteiger partial charge in [0.05, 0.1) is 0 Å². The summed E-state index contributed by atoms with van der Waals surface area (Å²) < 4.78 is 11.2. The third kappa shape index (κ3) is 2.35. The van der Waals surface area contributed by atoms with Crippen molar-refractivity contribution in [3.63, 3.8) is 0 Å². The number of hydrogen-bond acceptors (Lipinski definition) is 4. The summed E-state index contributed by atoms with van der Waals surface area (Å²) in [6.07, 6.45) is -2.12. The third-order valence-corrected chi connectivity index (χ3v) is 3.37. The number of fused-ring (bicyclic) bond motifs is 2. The fraction of sp³-hybridized carbons (Fsp3) is 0.250. The molecule has 0 amide bonds. The molecule has 2 aromatic carbocycles. The molecule has 0 saturated carbocycles. The molecular weight excluding hydrogens is 256 g/mol. The fourth-order valence-electron chi connectivity index (χ4n) is 2.36. The zero-order chi connectivity index (χ0) is 13.9. The number of aliphatic hydroxyl groups excluding tert-OH is 2. The Kier molecular flexibility index (Phi) is 3.58. The smallest absolute Gasteiger partial charge is 0.125 e. The molecule has 1 aliphatic heterocycles. The first-order valence-electron chi connectivity index (χ1n) is 6.57. The molecule has 3 rings (SSSR count). The molecule has 104 valence electrons. The Labute approximate surface area is 117 Å². The molecule has 1 aliphatic rings. The van der Waals surface area contributed by atoms with Gasteiger partial charge in [0.25, 0.3) is 0 Å². The molecule has 0 saturated heterocycles. The lowest BCUT2D eigenvalue weighted by molar-refractivity contribution is 0.0119. The van der Waals surface area contributed by atoms with Crippen molar-refractivity contribution in [3.8, 4) is 11.5 Å². The number of aliphatic hydroxyl groups is 2. The van der Waals surface area contributed by atoms with Crippen LogP contribution in [0.15, 0.2) is 48.5 Å². The second-order valence-electron chi connectivity index (χ2n) is 4.66. The van der Waals surface area contributed by atoms with E-state index in [4.69, 9.17) is 9.47 Å². The topological polar surface area (TPSA) is 58.9 Å². The Balaban J connectivity index is 2.05. The first-order chi connectivity index (χ1) is 9.77. The van der Waals surface area contributed by atoms with E-state index in [0.29, 0.717) is 35.8 Å². The number of para-hydroxylation sites is 2. The normalized spacial score (nSPS) is 21.9. The standard InChI is InChI=1S/C16H16O4/c17-15-11-5-1-3-7-13(11)19-9-10-20-14-8-4-2-6-12(14)16(15)18/h1-8,15-18H,9-10H2/t15-,16-/m1/s1. The van der Waals surface area contributed by atoms with Crippen LogP contribution >= 0.6 is 0 Å². The summed E-state index contributed by atoms with van der Waals surface area (Å²) in [5.41, 5.74) is 1.16. The Morgan fingerprint density at radius 2 is 1.10 bits per heavy atom. The quantitative estimate of drug-likeness (QED) is 0.772. The summed E-state index contributed by atoms with van der Waals surface area (Å²) in [6.45, 7) is 0.766. The number of hydrogen-bond donors (Lipinski definition) is 2. The van der Waals surface area contributed by atoms with Crippen LogP contribution in [0.25, 0.3) is 0 Å². The van der Waals surface area contributed by atoms with Crippen molar-refractivity contribution in [3.05, 3.63) is 59.7 Å². The lowest BCUT2D eigenvalue weighted by Gasteiger charge is -2.24. The van der Waals surface area contributed by atoms with Crippen molar-refractivity contribution in [2.45, 2.75) is 12.2 Å². The third-order valence-electron chi connectivity index (χ3n) is 3.37. The van der Waals surface area contributed by atoms with Crippen LogP contribution < -0.4 is 9.47 Å². The molecule has 0 unspecified atom stereocenters. The minimum atomic E-state index is -1.06. The Morgan fingerprint density at radius 3 is 1.55 bits per heavy atom. The van der Waals surface area contributed by atoms with Crippen LogP contribution in [0.3, 0.4) is 0 Å². The average Bonchev–Trinajstić information content (AvgIpc) is 2.50. The Bertz CT molecular complexity index is 543. The number of benzene rings is 2. The fourth-order valence-corrected chi connectivity index (χ4v) is 2.36. The van der Waals surface area contributed by atoms with Crippen LogP contribution in [0.1, 0.15) is 23.3 Å². The molecule has 0 aliphatic carbocycles. The van der Waals surface area contributed by atoms with E-state index in [9.17, 15) is 10.2 Å². The highest BCUT2D eigenvalue weighted by atomic mass is 16.5. The minimum absolute atomic E-state index is 0.383. The van der Waals surface area contributed by atoms with E-state index >= 15 is 0 Å². The van der Waals surface area contributed by atoms with E-state index < -0.39 is 12.2 Å². The van der Waals surface area contributed by atoms with Crippen LogP contribution in [0.4, 0.5) is 0 Å². The molecule has 2 atom stereocenters. The summed E-state index contributed by atoms with van der Waals surface area (Å²) in [4.78, 5) is 0. The maximum Gasteiger partial charge on any atom is 0.125 e. The number of rotatable bonds is 0. The molecule has 2 N–H and O–H groups in total. The van der Waals surface area contributed by atoms with Gasteiger partial charge in [0, 0.05) is 11.1 Å². The highest BCUT2D eigenvalue weighted by molar-refractivity contribution is 5.41. The van der Waals surface area contributed by atoms with Crippen molar-refractivity contribution in [1.29, 1.82) is 0 Å². The monoisotopic (exact) mass is 272 g/mol. The van der Waals surface area contributed by atoms with Gasteiger partial charge in [0.1, 0.15) is 36.9 Å². The number of ether oxygens (including phenoxy) is 2. The van der Waals surface area contributed by atoms with Gasteiger partial charge in [-0.15, -0.1) is 0 Å². The van der Waals surface area contributed by atoms with Crippen LogP contribution in [0.5, 0.6) is 11.5 Å². The van der Waals surface area contributed by atoms with Crippen LogP contribution in [0, 0.1) is 0 Å².